The molecular formula is C22H20ClN3O2. The summed E-state index contributed by atoms with van der Waals surface area (Å²) in [5.74, 6) is -0.253. The molecule has 0 aliphatic heterocycles. The quantitative estimate of drug-likeness (QED) is 0.630. The first-order valence-electron chi connectivity index (χ1n) is 8.91. The Morgan fingerprint density at radius 1 is 0.964 bits per heavy atom. The molecule has 3 aromatic rings. The van der Waals surface area contributed by atoms with Crippen LogP contribution in [0.3, 0.4) is 0 Å². The van der Waals surface area contributed by atoms with Crippen molar-refractivity contribution in [2.24, 2.45) is 0 Å². The number of hydrogen-bond acceptors (Lipinski definition) is 3. The standard InChI is InChI=1S/C22H20ClN3O2/c23-19-9-6-16(7-10-19)8-11-21(27)25-14-17-3-1-5-20(13-17)26-22(28)18-4-2-12-24-15-18/h1-7,9-10,12-13,15H,8,11,14H2,(H,25,27)(H,26,28). The lowest BCUT2D eigenvalue weighted by atomic mass is 10.1. The minimum Gasteiger partial charge on any atom is -0.352 e. The summed E-state index contributed by atoms with van der Waals surface area (Å²) in [7, 11) is 0. The van der Waals surface area contributed by atoms with Gasteiger partial charge in [0.15, 0.2) is 0 Å². The average molecular weight is 394 g/mol. The summed E-state index contributed by atoms with van der Waals surface area (Å²) >= 11 is 5.86. The van der Waals surface area contributed by atoms with Crippen LogP contribution >= 0.6 is 11.6 Å². The van der Waals surface area contributed by atoms with Crippen molar-refractivity contribution in [1.29, 1.82) is 0 Å². The van der Waals surface area contributed by atoms with E-state index in [-0.39, 0.29) is 11.8 Å². The maximum absolute atomic E-state index is 12.2. The molecule has 0 aliphatic rings. The molecule has 0 radical (unpaired) electrons. The van der Waals surface area contributed by atoms with Crippen molar-refractivity contribution in [3.8, 4) is 0 Å². The van der Waals surface area contributed by atoms with E-state index in [4.69, 9.17) is 11.6 Å². The number of hydrogen-bond donors (Lipinski definition) is 2. The van der Waals surface area contributed by atoms with Crippen LogP contribution in [0.1, 0.15) is 27.9 Å². The topological polar surface area (TPSA) is 71.1 Å². The molecule has 0 saturated carbocycles. The van der Waals surface area contributed by atoms with Gasteiger partial charge >= 0.3 is 0 Å². The highest BCUT2D eigenvalue weighted by molar-refractivity contribution is 6.30. The van der Waals surface area contributed by atoms with E-state index in [0.717, 1.165) is 11.1 Å². The van der Waals surface area contributed by atoms with E-state index >= 15 is 0 Å². The zero-order chi connectivity index (χ0) is 19.8. The molecule has 0 spiro atoms. The second-order valence-corrected chi connectivity index (χ2v) is 6.74. The Kier molecular flexibility index (Phi) is 6.76. The number of carbonyl (C=O) groups excluding carboxylic acids is 2. The van der Waals surface area contributed by atoms with Gasteiger partial charge in [-0.15, -0.1) is 0 Å². The number of aromatic nitrogens is 1. The van der Waals surface area contributed by atoms with Gasteiger partial charge in [0.05, 0.1) is 5.56 Å². The third-order valence-corrected chi connectivity index (χ3v) is 4.40. The van der Waals surface area contributed by atoms with E-state index in [0.29, 0.717) is 35.7 Å². The van der Waals surface area contributed by atoms with Crippen molar-refractivity contribution in [1.82, 2.24) is 10.3 Å². The van der Waals surface area contributed by atoms with Gasteiger partial charge in [-0.05, 0) is 53.9 Å². The van der Waals surface area contributed by atoms with Gasteiger partial charge < -0.3 is 10.6 Å². The summed E-state index contributed by atoms with van der Waals surface area (Å²) in [4.78, 5) is 28.2. The molecule has 28 heavy (non-hydrogen) atoms. The number of pyridine rings is 1. The fourth-order valence-corrected chi connectivity index (χ4v) is 2.78. The Labute approximate surface area is 168 Å². The number of benzene rings is 2. The number of amides is 2. The molecule has 142 valence electrons. The van der Waals surface area contributed by atoms with E-state index in [1.807, 2.05) is 42.5 Å². The van der Waals surface area contributed by atoms with E-state index < -0.39 is 0 Å². The highest BCUT2D eigenvalue weighted by Crippen LogP contribution is 2.13. The Morgan fingerprint density at radius 3 is 2.54 bits per heavy atom. The first kappa shape index (κ1) is 19.6. The van der Waals surface area contributed by atoms with Crippen LogP contribution in [-0.2, 0) is 17.8 Å². The van der Waals surface area contributed by atoms with Gasteiger partial charge in [0.2, 0.25) is 5.91 Å². The maximum atomic E-state index is 12.2. The first-order valence-corrected chi connectivity index (χ1v) is 9.29. The lowest BCUT2D eigenvalue weighted by Crippen LogP contribution is -2.23. The molecule has 0 atom stereocenters. The summed E-state index contributed by atoms with van der Waals surface area (Å²) in [5, 5.41) is 6.42. The summed E-state index contributed by atoms with van der Waals surface area (Å²) in [6.07, 6.45) is 4.19. The van der Waals surface area contributed by atoms with Crippen LogP contribution in [0.15, 0.2) is 73.1 Å². The number of anilines is 1. The molecule has 5 nitrogen and oxygen atoms in total. The van der Waals surface area contributed by atoms with E-state index in [9.17, 15) is 9.59 Å². The van der Waals surface area contributed by atoms with Crippen molar-refractivity contribution in [3.05, 3.63) is 94.8 Å². The third-order valence-electron chi connectivity index (χ3n) is 4.15. The smallest absolute Gasteiger partial charge is 0.257 e. The van der Waals surface area contributed by atoms with Crippen molar-refractivity contribution in [2.45, 2.75) is 19.4 Å². The largest absolute Gasteiger partial charge is 0.352 e. The number of halogens is 1. The monoisotopic (exact) mass is 393 g/mol. The Hall–Kier alpha value is -3.18. The average Bonchev–Trinajstić information content (AvgIpc) is 2.73. The molecule has 0 fully saturated rings. The van der Waals surface area contributed by atoms with E-state index in [2.05, 4.69) is 15.6 Å². The van der Waals surface area contributed by atoms with Crippen molar-refractivity contribution < 1.29 is 9.59 Å². The molecule has 0 saturated heterocycles. The molecule has 2 N–H and O–H groups in total. The van der Waals surface area contributed by atoms with Crippen molar-refractivity contribution in [3.63, 3.8) is 0 Å². The minimum absolute atomic E-state index is 0.0280. The molecule has 2 aromatic carbocycles. The SMILES string of the molecule is O=C(CCc1ccc(Cl)cc1)NCc1cccc(NC(=O)c2cccnc2)c1. The fraction of sp³-hybridized carbons (Fsp3) is 0.136. The summed E-state index contributed by atoms with van der Waals surface area (Å²) < 4.78 is 0. The molecular weight excluding hydrogens is 374 g/mol. The molecule has 1 heterocycles. The zero-order valence-electron chi connectivity index (χ0n) is 15.2. The number of aryl methyl sites for hydroxylation is 1. The van der Waals surface area contributed by atoms with Gasteiger partial charge in [-0.25, -0.2) is 0 Å². The predicted molar refractivity (Wildman–Crippen MR) is 110 cm³/mol. The molecule has 3 rings (SSSR count). The van der Waals surface area contributed by atoms with Gasteiger partial charge in [0, 0.05) is 36.1 Å². The van der Waals surface area contributed by atoms with Gasteiger partial charge in [-0.2, -0.15) is 0 Å². The molecule has 6 heteroatoms. The van der Waals surface area contributed by atoms with Crippen LogP contribution in [0.4, 0.5) is 5.69 Å². The lowest BCUT2D eigenvalue weighted by Gasteiger charge is -2.09. The fourth-order valence-electron chi connectivity index (χ4n) is 2.66. The van der Waals surface area contributed by atoms with Crippen LogP contribution in [0.25, 0.3) is 0 Å². The van der Waals surface area contributed by atoms with Gasteiger partial charge in [-0.3, -0.25) is 14.6 Å². The Balaban J connectivity index is 1.49. The number of carbonyl (C=O) groups is 2. The molecule has 1 aromatic heterocycles. The number of nitrogens with zero attached hydrogens (tertiary/aromatic N) is 1. The zero-order valence-corrected chi connectivity index (χ0v) is 15.9. The summed E-state index contributed by atoms with van der Waals surface area (Å²) in [6.45, 7) is 0.399. The van der Waals surface area contributed by atoms with Gasteiger partial charge in [-0.1, -0.05) is 35.9 Å². The van der Waals surface area contributed by atoms with Crippen LogP contribution in [-0.4, -0.2) is 16.8 Å². The van der Waals surface area contributed by atoms with Crippen molar-refractivity contribution in [2.75, 3.05) is 5.32 Å². The predicted octanol–water partition coefficient (Wildman–Crippen LogP) is 4.24. The summed E-state index contributed by atoms with van der Waals surface area (Å²) in [5.41, 5.74) is 3.13. The van der Waals surface area contributed by atoms with Crippen LogP contribution < -0.4 is 10.6 Å². The highest BCUT2D eigenvalue weighted by atomic mass is 35.5. The first-order chi connectivity index (χ1) is 13.6. The normalized spacial score (nSPS) is 10.3. The molecule has 0 unspecified atom stereocenters. The Bertz CT molecular complexity index is 944. The van der Waals surface area contributed by atoms with Crippen LogP contribution in [0, 0.1) is 0 Å². The van der Waals surface area contributed by atoms with Gasteiger partial charge in [0.25, 0.3) is 5.91 Å². The summed E-state index contributed by atoms with van der Waals surface area (Å²) in [6, 6.07) is 18.3. The second kappa shape index (κ2) is 9.67. The maximum Gasteiger partial charge on any atom is 0.257 e. The number of rotatable bonds is 7. The number of nitrogens with one attached hydrogen (secondary N) is 2. The molecule has 0 bridgehead atoms. The van der Waals surface area contributed by atoms with Crippen LogP contribution in [0.2, 0.25) is 5.02 Å². The van der Waals surface area contributed by atoms with Crippen molar-refractivity contribution >= 4 is 29.1 Å². The highest BCUT2D eigenvalue weighted by Gasteiger charge is 2.07. The van der Waals surface area contributed by atoms with E-state index in [1.54, 1.807) is 24.4 Å². The lowest BCUT2D eigenvalue weighted by molar-refractivity contribution is -0.121. The van der Waals surface area contributed by atoms with E-state index in [1.165, 1.54) is 6.20 Å². The molecule has 0 aliphatic carbocycles. The third kappa shape index (κ3) is 5.93. The van der Waals surface area contributed by atoms with Crippen LogP contribution in [0.5, 0.6) is 0 Å². The molecule has 2 amide bonds. The van der Waals surface area contributed by atoms with Gasteiger partial charge in [0.1, 0.15) is 0 Å². The Morgan fingerprint density at radius 2 is 1.79 bits per heavy atom. The minimum atomic E-state index is -0.225. The second-order valence-electron chi connectivity index (χ2n) is 6.30.